The van der Waals surface area contributed by atoms with Crippen molar-refractivity contribution in [3.05, 3.63) is 12.7 Å². The summed E-state index contributed by atoms with van der Waals surface area (Å²) in [7, 11) is 0. The summed E-state index contributed by atoms with van der Waals surface area (Å²) in [4.78, 5) is 12.3. The number of hydrogen-bond donors (Lipinski definition) is 1. The van der Waals surface area contributed by atoms with Crippen LogP contribution in [0.2, 0.25) is 0 Å². The van der Waals surface area contributed by atoms with Crippen LogP contribution in [0.1, 0.15) is 0 Å². The van der Waals surface area contributed by atoms with Gasteiger partial charge in [-0.3, -0.25) is 6.58 Å². The molecule has 0 fully saturated rings. The van der Waals surface area contributed by atoms with Crippen molar-refractivity contribution in [3.63, 3.8) is 0 Å². The second-order valence-electron chi connectivity index (χ2n) is 0.795. The van der Waals surface area contributed by atoms with Crippen LogP contribution in [0.3, 0.4) is 0 Å². The van der Waals surface area contributed by atoms with Gasteiger partial charge in [0.25, 0.3) is 0 Å². The van der Waals surface area contributed by atoms with Gasteiger partial charge in [0.15, 0.2) is 0 Å². The zero-order valence-corrected chi connectivity index (χ0v) is 4.89. The number of nitrogens with two attached hydrogens (primary N) is 1. The third-order valence-electron chi connectivity index (χ3n) is 0.346. The van der Waals surface area contributed by atoms with Gasteiger partial charge in [-0.25, -0.2) is 6.08 Å². The van der Waals surface area contributed by atoms with E-state index in [4.69, 9.17) is 12.3 Å². The van der Waals surface area contributed by atoms with E-state index in [2.05, 4.69) is 4.99 Å². The summed E-state index contributed by atoms with van der Waals surface area (Å²) < 4.78 is 0. The van der Waals surface area contributed by atoms with Crippen LogP contribution >= 0.6 is 0 Å². The summed E-state index contributed by atoms with van der Waals surface area (Å²) in [5, 5.41) is 0. The number of aliphatic imine (C=N–C) groups is 1. The number of amides is 1. The van der Waals surface area contributed by atoms with Crippen LogP contribution in [0, 0.1) is 6.58 Å². The van der Waals surface area contributed by atoms with Gasteiger partial charge in [0.2, 0.25) is 0 Å². The van der Waals surface area contributed by atoms with E-state index < -0.39 is 0 Å². The molecule has 0 atom stereocenters. The zero-order valence-electron chi connectivity index (χ0n) is 3.90. The molecule has 0 rings (SSSR count). The first-order chi connectivity index (χ1) is 3.31. The van der Waals surface area contributed by atoms with Gasteiger partial charge in [-0.2, -0.15) is 0 Å². The van der Waals surface area contributed by atoms with Gasteiger partial charge in [-0.1, -0.05) is 0 Å². The van der Waals surface area contributed by atoms with Crippen molar-refractivity contribution in [1.82, 2.24) is 0 Å². The van der Waals surface area contributed by atoms with Gasteiger partial charge in [0.1, 0.15) is 0 Å². The predicted octanol–water partition coefficient (Wildman–Crippen LogP) is -0.603. The second-order valence-corrected chi connectivity index (χ2v) is 0.795. The Morgan fingerprint density at radius 3 is 2.50 bits per heavy atom. The largest absolute Gasteiger partial charge is 2.00 e. The third kappa shape index (κ3) is 5.37. The molecule has 0 saturated heterocycles. The van der Waals surface area contributed by atoms with Crippen LogP contribution in [-0.4, -0.2) is 12.2 Å². The molecule has 8 heavy (non-hydrogen) atoms. The molecule has 0 aliphatic rings. The fourth-order valence-corrected chi connectivity index (χ4v) is 0.0900. The maximum absolute atomic E-state index is 9.31. The van der Waals surface area contributed by atoms with Crippen LogP contribution in [0.15, 0.2) is 11.1 Å². The van der Waals surface area contributed by atoms with Crippen molar-refractivity contribution in [1.29, 1.82) is 0 Å². The molecule has 0 aromatic heterocycles. The Hall–Kier alpha value is -0.626. The van der Waals surface area contributed by atoms with Crippen molar-refractivity contribution in [2.75, 3.05) is 0 Å². The van der Waals surface area contributed by atoms with E-state index in [9.17, 15) is 4.79 Å². The van der Waals surface area contributed by atoms with Crippen LogP contribution in [0.4, 0.5) is 0 Å². The van der Waals surface area contributed by atoms with E-state index in [1.54, 1.807) is 0 Å². The van der Waals surface area contributed by atoms with Gasteiger partial charge in [0.05, 0.1) is 6.41 Å². The molecule has 0 unspecified atom stereocenters. The topological polar surface area (TPSA) is 55.4 Å². The number of rotatable bonds is 2. The van der Waals surface area contributed by atoms with E-state index in [-0.39, 0.29) is 22.3 Å². The standard InChI is InChI=1S/C4H4N2O.Ni/c1-2-4(5)6-3-7;/h1-2H,(H2,5,6,7);/q-2;+2. The molecule has 0 heterocycles. The Balaban J connectivity index is 0. The summed E-state index contributed by atoms with van der Waals surface area (Å²) >= 11 is 0. The molecule has 3 nitrogen and oxygen atoms in total. The fraction of sp³-hybridized carbons (Fsp3) is 0. The molecular formula is C4H4N2NiO. The minimum absolute atomic E-state index is 0. The summed E-state index contributed by atoms with van der Waals surface area (Å²) in [6.07, 6.45) is 2.24. The van der Waals surface area contributed by atoms with Crippen LogP contribution in [-0.2, 0) is 21.3 Å². The Labute approximate surface area is 57.6 Å². The summed E-state index contributed by atoms with van der Waals surface area (Å²) in [6, 6.07) is 0. The Morgan fingerprint density at radius 1 is 1.88 bits per heavy atom. The molecule has 0 aliphatic carbocycles. The van der Waals surface area contributed by atoms with E-state index >= 15 is 0 Å². The van der Waals surface area contributed by atoms with Crippen LogP contribution < -0.4 is 5.73 Å². The Bertz CT molecular complexity index is 111. The normalized spacial score (nSPS) is 9.25. The maximum Gasteiger partial charge on any atom is 2.00 e. The molecular weight excluding hydrogens is 151 g/mol. The fourth-order valence-electron chi connectivity index (χ4n) is 0.0900. The maximum atomic E-state index is 9.31. The van der Waals surface area contributed by atoms with Crippen molar-refractivity contribution in [2.45, 2.75) is 0 Å². The molecule has 0 bridgehead atoms. The smallest absolute Gasteiger partial charge is 0.462 e. The van der Waals surface area contributed by atoms with Gasteiger partial charge < -0.3 is 15.5 Å². The molecule has 0 aromatic rings. The first kappa shape index (κ1) is 10.4. The van der Waals surface area contributed by atoms with E-state index in [1.165, 1.54) is 6.41 Å². The predicted molar refractivity (Wildman–Crippen MR) is 26.2 cm³/mol. The monoisotopic (exact) mass is 154 g/mol. The Kier molecular flexibility index (Phi) is 8.26. The summed E-state index contributed by atoms with van der Waals surface area (Å²) in [5.41, 5.74) is 4.89. The molecule has 0 aromatic carbocycles. The van der Waals surface area contributed by atoms with E-state index in [0.29, 0.717) is 0 Å². The molecule has 4 heteroatoms. The minimum atomic E-state index is -0.0185. The molecule has 0 radical (unpaired) electrons. The molecule has 1 amide bonds. The van der Waals surface area contributed by atoms with Crippen molar-refractivity contribution < 1.29 is 21.3 Å². The average Bonchev–Trinajstić information content (AvgIpc) is 1.68. The van der Waals surface area contributed by atoms with Crippen LogP contribution in [0.25, 0.3) is 0 Å². The molecule has 2 N–H and O–H groups in total. The van der Waals surface area contributed by atoms with Crippen molar-refractivity contribution >= 4 is 12.2 Å². The minimum Gasteiger partial charge on any atom is -0.462 e. The summed E-state index contributed by atoms with van der Waals surface area (Å²) in [5.74, 6) is -0.0185. The third-order valence-corrected chi connectivity index (χ3v) is 0.346. The quantitative estimate of drug-likeness (QED) is 0.250. The average molecular weight is 155 g/mol. The molecule has 0 spiro atoms. The number of amidine groups is 1. The molecule has 0 aliphatic heterocycles. The number of carbonyl (C=O) groups excluding carboxylic acids is 1. The second kappa shape index (κ2) is 6.37. The van der Waals surface area contributed by atoms with Gasteiger partial charge in [0, 0.05) is 0 Å². The molecule has 46 valence electrons. The van der Waals surface area contributed by atoms with Crippen molar-refractivity contribution in [3.8, 4) is 0 Å². The Morgan fingerprint density at radius 2 is 2.38 bits per heavy atom. The zero-order chi connectivity index (χ0) is 5.70. The number of nitrogens with zero attached hydrogens (tertiary/aromatic N) is 1. The number of hydrogen-bond acceptors (Lipinski definition) is 1. The van der Waals surface area contributed by atoms with E-state index in [1.807, 2.05) is 0 Å². The SMILES string of the molecule is [CH-]=CC(N)=N[C-]=O.[Ni+2]. The van der Waals surface area contributed by atoms with Crippen molar-refractivity contribution in [2.24, 2.45) is 10.7 Å². The van der Waals surface area contributed by atoms with Crippen LogP contribution in [0.5, 0.6) is 0 Å². The summed E-state index contributed by atoms with van der Waals surface area (Å²) in [6.45, 7) is 4.80. The van der Waals surface area contributed by atoms with Gasteiger partial charge in [-0.05, 0) is 5.84 Å². The van der Waals surface area contributed by atoms with Gasteiger partial charge in [-0.15, -0.1) is 0 Å². The molecule has 0 saturated carbocycles. The first-order valence-electron chi connectivity index (χ1n) is 1.56. The van der Waals surface area contributed by atoms with E-state index in [0.717, 1.165) is 6.08 Å². The van der Waals surface area contributed by atoms with Gasteiger partial charge >= 0.3 is 16.5 Å². The first-order valence-corrected chi connectivity index (χ1v) is 1.56.